The molecule has 8 atom stereocenters. The van der Waals surface area contributed by atoms with Crippen LogP contribution in [-0.4, -0.2) is 72.1 Å². The lowest BCUT2D eigenvalue weighted by Gasteiger charge is -2.45. The second kappa shape index (κ2) is 23.3. The number of hydrogen-bond acceptors (Lipinski definition) is 13. The molecular formula is C79H72N8O7. The number of aromatic amines is 2. The Labute approximate surface area is 544 Å². The maximum atomic E-state index is 17.6. The summed E-state index contributed by atoms with van der Waals surface area (Å²) in [5.41, 5.74) is 10.5. The number of ether oxygens (including phenoxy) is 6. The minimum absolute atomic E-state index is 0.142. The van der Waals surface area contributed by atoms with Crippen molar-refractivity contribution in [3.63, 3.8) is 0 Å². The van der Waals surface area contributed by atoms with Gasteiger partial charge in [0, 0.05) is 34.1 Å². The van der Waals surface area contributed by atoms with Gasteiger partial charge >= 0.3 is 0 Å². The maximum Gasteiger partial charge on any atom is 0.163 e. The van der Waals surface area contributed by atoms with Crippen LogP contribution in [0, 0.1) is 11.8 Å². The first kappa shape index (κ1) is 58.0. The quantitative estimate of drug-likeness (QED) is 0.0544. The SMILES string of the molecule is CCCCOc1c2c(c(OCCCC)c3c4nc5cccc(n5)nc5[nH]c(nc6cccc(n6)nc([nH]4)c13)c1c(OCCCC)c3c(c(OCCCC)c51)[C@@H]1C=C[C@H]3O1)[C@@H]1OC2C2C1[C@]1(c3ccccc3)C(=O)[C@@]2(c2ccccc2)C(c2ccccc2)=C1c1ccccc1. The van der Waals surface area contributed by atoms with Crippen LogP contribution in [0.1, 0.15) is 148 Å². The number of ketones is 1. The summed E-state index contributed by atoms with van der Waals surface area (Å²) in [6.07, 6.45) is 9.17. The standard InChI is InChI=1S/C79H72N8O7/c1-5-9-41-89-67-55-49-39-40-50(93-49)56(55)68(90-42-10-6-2)60-59(67)73-82-51-35-25-37-53(80-51)84-75-61-62(76(87-75)85-54-38-26-36-52(81-54)83-74(60)86-73)70(92-44-12-8-4)58-57(69(61)91-43-11-7-3)71-65-66(72(58)94-71)79(48-33-23-16-24-34-48)64(46-29-19-14-20-30-46)63(45-27-17-13-18-28-45)78(65,77(79)88)47-31-21-15-22-32-47/h13-40,49-50,65-66,71-72H,5-12,41-44H2,1-4H3,(H2,80,81,82,83,84,85,86,87)/t49-,50+,65?,66?,71-,72?,78+,79-/m0/s1. The summed E-state index contributed by atoms with van der Waals surface area (Å²) < 4.78 is 43.2. The third-order valence-corrected chi connectivity index (χ3v) is 20.3. The molecule has 1 saturated heterocycles. The zero-order chi connectivity index (χ0) is 63.2. The fourth-order valence-corrected chi connectivity index (χ4v) is 16.6. The Morgan fingerprint density at radius 2 is 0.702 bits per heavy atom. The van der Waals surface area contributed by atoms with E-state index in [1.54, 1.807) is 0 Å². The van der Waals surface area contributed by atoms with E-state index in [9.17, 15) is 0 Å². The molecule has 6 aromatic carbocycles. The highest BCUT2D eigenvalue weighted by Crippen LogP contribution is 2.83. The summed E-state index contributed by atoms with van der Waals surface area (Å²) in [6, 6.07) is 53.5. The number of rotatable bonds is 20. The van der Waals surface area contributed by atoms with Gasteiger partial charge in [0.2, 0.25) is 0 Å². The van der Waals surface area contributed by atoms with Crippen molar-refractivity contribution < 1.29 is 33.2 Å². The summed E-state index contributed by atoms with van der Waals surface area (Å²) in [4.78, 5) is 57.2. The van der Waals surface area contributed by atoms with Gasteiger partial charge in [0.1, 0.15) is 57.8 Å². The maximum absolute atomic E-state index is 17.6. The van der Waals surface area contributed by atoms with Crippen molar-refractivity contribution in [2.24, 2.45) is 11.8 Å². The van der Waals surface area contributed by atoms with E-state index in [-0.39, 0.29) is 18.0 Å². The lowest BCUT2D eigenvalue weighted by Crippen LogP contribution is -2.42. The fraction of sp³-hybridized carbons (Fsp3) is 0.304. The van der Waals surface area contributed by atoms with Crippen LogP contribution < -0.4 is 18.9 Å². The molecule has 15 heteroatoms. The van der Waals surface area contributed by atoms with E-state index in [2.05, 4.69) is 147 Å². The van der Waals surface area contributed by atoms with Gasteiger partial charge in [-0.3, -0.25) is 4.79 Å². The van der Waals surface area contributed by atoms with Crippen molar-refractivity contribution in [3.8, 4) is 23.0 Å². The van der Waals surface area contributed by atoms with E-state index < -0.39 is 34.9 Å². The number of aromatic nitrogens is 8. The number of unbranched alkanes of at least 4 members (excludes halogenated alkanes) is 4. The molecule has 2 N–H and O–H groups in total. The van der Waals surface area contributed by atoms with E-state index in [1.165, 1.54) is 0 Å². The average Bonchev–Trinajstić information content (AvgIpc) is 1.45. The molecule has 5 aromatic heterocycles. The second-order valence-electron chi connectivity index (χ2n) is 25.6. The highest BCUT2D eigenvalue weighted by Gasteiger charge is 2.83. The van der Waals surface area contributed by atoms with Crippen LogP contribution in [0.15, 0.2) is 170 Å². The van der Waals surface area contributed by atoms with Crippen LogP contribution in [0.5, 0.6) is 23.0 Å². The Morgan fingerprint density at radius 1 is 0.383 bits per heavy atom. The van der Waals surface area contributed by atoms with E-state index in [1.807, 2.05) is 60.7 Å². The topological polar surface area (TPSA) is 181 Å². The van der Waals surface area contributed by atoms with E-state index in [4.69, 9.17) is 58.3 Å². The average molecular weight is 1250 g/mol. The van der Waals surface area contributed by atoms with Crippen LogP contribution in [0.4, 0.5) is 0 Å². The summed E-state index contributed by atoms with van der Waals surface area (Å²) in [5.74, 6) is 1.88. The predicted molar refractivity (Wildman–Crippen MR) is 365 cm³/mol. The van der Waals surface area contributed by atoms with Crippen molar-refractivity contribution >= 4 is 83.7 Å². The second-order valence-corrected chi connectivity index (χ2v) is 25.6. The Kier molecular flexibility index (Phi) is 14.4. The highest BCUT2D eigenvalue weighted by molar-refractivity contribution is 6.30. The Morgan fingerprint density at radius 3 is 1.03 bits per heavy atom. The first-order chi connectivity index (χ1) is 46.4. The third kappa shape index (κ3) is 8.58. The van der Waals surface area contributed by atoms with Crippen LogP contribution >= 0.6 is 0 Å². The molecule has 94 heavy (non-hydrogen) atoms. The molecule has 11 aromatic rings. The number of fused-ring (bicyclic) bond motifs is 31. The lowest BCUT2D eigenvalue weighted by molar-refractivity contribution is -0.125. The number of hydrogen-bond donors (Lipinski definition) is 2. The molecule has 15 nitrogen and oxygen atoms in total. The van der Waals surface area contributed by atoms with Gasteiger partial charge in [0.15, 0.2) is 28.4 Å². The number of carbonyl (C=O) groups excluding carboxylic acids is 1. The van der Waals surface area contributed by atoms with Gasteiger partial charge in [-0.15, -0.1) is 0 Å². The first-order valence-corrected chi connectivity index (χ1v) is 33.7. The van der Waals surface area contributed by atoms with Crippen molar-refractivity contribution in [1.29, 1.82) is 0 Å². The summed E-state index contributed by atoms with van der Waals surface area (Å²) in [7, 11) is 0. The largest absolute Gasteiger partial charge is 0.492 e. The number of pyridine rings is 2. The summed E-state index contributed by atoms with van der Waals surface area (Å²) in [6.45, 7) is 10.4. The van der Waals surface area contributed by atoms with Crippen LogP contribution in [0.2, 0.25) is 0 Å². The van der Waals surface area contributed by atoms with Gasteiger partial charge in [0.05, 0.1) is 71.0 Å². The van der Waals surface area contributed by atoms with Crippen molar-refractivity contribution in [2.45, 2.75) is 114 Å². The molecular weight excluding hydrogens is 1170 g/mol. The van der Waals surface area contributed by atoms with Gasteiger partial charge < -0.3 is 38.4 Å². The first-order valence-electron chi connectivity index (χ1n) is 33.7. The zero-order valence-corrected chi connectivity index (χ0v) is 53.2. The molecule has 6 aliphatic rings. The predicted octanol–water partition coefficient (Wildman–Crippen LogP) is 17.2. The molecule has 1 saturated carbocycles. The van der Waals surface area contributed by atoms with Gasteiger partial charge in [-0.1, -0.05) is 199 Å². The molecule has 2 fully saturated rings. The number of allylic oxidation sites excluding steroid dienone is 2. The normalized spacial score (nSPS) is 22.5. The minimum atomic E-state index is -1.21. The molecule has 4 aliphatic heterocycles. The number of H-pyrrole nitrogens is 2. The van der Waals surface area contributed by atoms with Gasteiger partial charge in [-0.05, 0) is 83.3 Å². The van der Waals surface area contributed by atoms with Gasteiger partial charge in [-0.25, -0.2) is 29.9 Å². The van der Waals surface area contributed by atoms with Crippen LogP contribution in [0.3, 0.4) is 0 Å². The molecule has 9 heterocycles. The smallest absolute Gasteiger partial charge is 0.163 e. The van der Waals surface area contributed by atoms with Crippen LogP contribution in [-0.2, 0) is 25.1 Å². The Balaban J connectivity index is 0.985. The lowest BCUT2D eigenvalue weighted by atomic mass is 9.54. The molecule has 2 aliphatic carbocycles. The number of nitrogens with one attached hydrogen (secondary N) is 2. The van der Waals surface area contributed by atoms with Crippen molar-refractivity contribution in [3.05, 3.63) is 214 Å². The molecule has 470 valence electrons. The number of nitrogens with zero attached hydrogens (tertiary/aromatic N) is 6. The Hall–Kier alpha value is -9.83. The van der Waals surface area contributed by atoms with E-state index in [0.717, 1.165) is 118 Å². The van der Waals surface area contributed by atoms with E-state index >= 15 is 4.79 Å². The molecule has 0 amide bonds. The summed E-state index contributed by atoms with van der Waals surface area (Å²) in [5, 5.41) is 2.77. The van der Waals surface area contributed by atoms with Crippen molar-refractivity contribution in [1.82, 2.24) is 39.9 Å². The Bertz CT molecular complexity index is 4710. The van der Waals surface area contributed by atoms with Crippen molar-refractivity contribution in [2.75, 3.05) is 26.4 Å². The number of carbonyl (C=O) groups is 1. The third-order valence-electron chi connectivity index (χ3n) is 20.3. The molecule has 14 bridgehead atoms. The van der Waals surface area contributed by atoms with Gasteiger partial charge in [0.25, 0.3) is 0 Å². The zero-order valence-electron chi connectivity index (χ0n) is 53.2. The molecule has 0 spiro atoms. The van der Waals surface area contributed by atoms with Crippen LogP contribution in [0.25, 0.3) is 77.9 Å². The van der Waals surface area contributed by atoms with Gasteiger partial charge in [-0.2, -0.15) is 0 Å². The highest BCUT2D eigenvalue weighted by atomic mass is 16.5. The molecule has 3 unspecified atom stereocenters. The number of Topliss-reactive ketones (excluding diaryl/α,β-unsaturated/α-hetero) is 1. The molecule has 17 rings (SSSR count). The summed E-state index contributed by atoms with van der Waals surface area (Å²) >= 11 is 0. The number of benzene rings is 6. The molecule has 0 radical (unpaired) electrons. The fourth-order valence-electron chi connectivity index (χ4n) is 16.6. The van der Waals surface area contributed by atoms with E-state index in [0.29, 0.717) is 105 Å². The monoisotopic (exact) mass is 1240 g/mol. The minimum Gasteiger partial charge on any atom is -0.492 e.